The van der Waals surface area contributed by atoms with Gasteiger partial charge in [0.1, 0.15) is 6.10 Å². The molecule has 0 N–H and O–H groups in total. The van der Waals surface area contributed by atoms with Gasteiger partial charge in [0.25, 0.3) is 11.6 Å². The first-order valence-corrected chi connectivity index (χ1v) is 6.37. The maximum absolute atomic E-state index is 12.3. The zero-order valence-corrected chi connectivity index (χ0v) is 10.4. The van der Waals surface area contributed by atoms with E-state index in [0.717, 1.165) is 24.8 Å². The lowest BCUT2D eigenvalue weighted by Crippen LogP contribution is -2.37. The van der Waals surface area contributed by atoms with Crippen molar-refractivity contribution in [2.24, 2.45) is 0 Å². The van der Waals surface area contributed by atoms with Gasteiger partial charge in [-0.05, 0) is 24.8 Å². The molecular weight excluding hydrogens is 248 g/mol. The molecule has 2 aliphatic rings. The Morgan fingerprint density at radius 1 is 1.47 bits per heavy atom. The second-order valence-corrected chi connectivity index (χ2v) is 4.81. The maximum Gasteiger partial charge on any atom is 0.271 e. The van der Waals surface area contributed by atoms with Crippen molar-refractivity contribution in [2.45, 2.75) is 25.4 Å². The number of non-ortho nitro benzene ring substituents is 1. The summed E-state index contributed by atoms with van der Waals surface area (Å²) >= 11 is 0. The van der Waals surface area contributed by atoms with Crippen LogP contribution in [-0.2, 0) is 16.0 Å². The van der Waals surface area contributed by atoms with Crippen LogP contribution in [0.15, 0.2) is 18.2 Å². The Morgan fingerprint density at radius 3 is 3.00 bits per heavy atom. The summed E-state index contributed by atoms with van der Waals surface area (Å²) in [5.41, 5.74) is 1.66. The third kappa shape index (κ3) is 2.08. The number of anilines is 1. The van der Waals surface area contributed by atoms with Gasteiger partial charge in [-0.3, -0.25) is 14.9 Å². The van der Waals surface area contributed by atoms with Crippen molar-refractivity contribution in [1.29, 1.82) is 0 Å². The molecule has 6 nitrogen and oxygen atoms in total. The van der Waals surface area contributed by atoms with Crippen LogP contribution >= 0.6 is 0 Å². The van der Waals surface area contributed by atoms with Gasteiger partial charge in [-0.25, -0.2) is 0 Å². The van der Waals surface area contributed by atoms with Gasteiger partial charge in [-0.15, -0.1) is 0 Å². The Balaban J connectivity index is 1.89. The second-order valence-electron chi connectivity index (χ2n) is 4.81. The van der Waals surface area contributed by atoms with Gasteiger partial charge in [-0.2, -0.15) is 0 Å². The van der Waals surface area contributed by atoms with Crippen LogP contribution < -0.4 is 4.90 Å². The quantitative estimate of drug-likeness (QED) is 0.600. The Morgan fingerprint density at radius 2 is 2.32 bits per heavy atom. The number of carbonyl (C=O) groups is 1. The number of fused-ring (bicyclic) bond motifs is 1. The normalized spacial score (nSPS) is 21.5. The molecule has 0 saturated carbocycles. The zero-order chi connectivity index (χ0) is 13.4. The number of hydrogen-bond acceptors (Lipinski definition) is 4. The van der Waals surface area contributed by atoms with Crippen LogP contribution in [0.5, 0.6) is 0 Å². The zero-order valence-electron chi connectivity index (χ0n) is 10.4. The number of nitro groups is 1. The van der Waals surface area contributed by atoms with Crippen LogP contribution in [0, 0.1) is 10.1 Å². The molecule has 2 aliphatic heterocycles. The van der Waals surface area contributed by atoms with Crippen molar-refractivity contribution < 1.29 is 14.5 Å². The smallest absolute Gasteiger partial charge is 0.271 e. The third-order valence-corrected chi connectivity index (χ3v) is 3.65. The Bertz CT molecular complexity index is 537. The van der Waals surface area contributed by atoms with E-state index in [0.29, 0.717) is 18.8 Å². The van der Waals surface area contributed by atoms with Crippen LogP contribution in [0.4, 0.5) is 11.4 Å². The summed E-state index contributed by atoms with van der Waals surface area (Å²) in [4.78, 5) is 24.3. The molecule has 1 unspecified atom stereocenters. The van der Waals surface area contributed by atoms with E-state index >= 15 is 0 Å². The van der Waals surface area contributed by atoms with Crippen molar-refractivity contribution in [3.8, 4) is 0 Å². The van der Waals surface area contributed by atoms with E-state index in [-0.39, 0.29) is 17.7 Å². The van der Waals surface area contributed by atoms with E-state index < -0.39 is 4.92 Å². The number of benzene rings is 1. The molecule has 3 rings (SSSR count). The lowest BCUT2D eigenvalue weighted by atomic mass is 10.1. The standard InChI is InChI=1S/C13H14N2O4/c16-13(12-2-1-7-19-12)14-6-5-9-3-4-10(15(17)18)8-11(9)14/h3-4,8,12H,1-2,5-7H2. The third-order valence-electron chi connectivity index (χ3n) is 3.65. The summed E-state index contributed by atoms with van der Waals surface area (Å²) in [6, 6.07) is 4.70. The topological polar surface area (TPSA) is 72.7 Å². The van der Waals surface area contributed by atoms with Crippen molar-refractivity contribution >= 4 is 17.3 Å². The van der Waals surface area contributed by atoms with Crippen molar-refractivity contribution in [1.82, 2.24) is 0 Å². The lowest BCUT2D eigenvalue weighted by Gasteiger charge is -2.20. The van der Waals surface area contributed by atoms with E-state index in [9.17, 15) is 14.9 Å². The second kappa shape index (κ2) is 4.62. The number of carbonyl (C=O) groups excluding carboxylic acids is 1. The first-order valence-electron chi connectivity index (χ1n) is 6.37. The molecule has 6 heteroatoms. The highest BCUT2D eigenvalue weighted by atomic mass is 16.6. The summed E-state index contributed by atoms with van der Waals surface area (Å²) in [6.45, 7) is 1.20. The first kappa shape index (κ1) is 12.1. The van der Waals surface area contributed by atoms with Gasteiger partial charge in [0.2, 0.25) is 0 Å². The van der Waals surface area contributed by atoms with Gasteiger partial charge in [0, 0.05) is 25.3 Å². The van der Waals surface area contributed by atoms with Gasteiger partial charge < -0.3 is 9.64 Å². The molecule has 0 aliphatic carbocycles. The largest absolute Gasteiger partial charge is 0.368 e. The molecule has 1 amide bonds. The number of hydrogen-bond donors (Lipinski definition) is 0. The minimum Gasteiger partial charge on any atom is -0.368 e. The average molecular weight is 262 g/mol. The molecule has 0 radical (unpaired) electrons. The summed E-state index contributed by atoms with van der Waals surface area (Å²) in [7, 11) is 0. The molecule has 0 spiro atoms. The maximum atomic E-state index is 12.3. The summed E-state index contributed by atoms with van der Waals surface area (Å²) < 4.78 is 5.39. The van der Waals surface area contributed by atoms with Gasteiger partial charge >= 0.3 is 0 Å². The molecule has 100 valence electrons. The predicted octanol–water partition coefficient (Wildman–Crippen LogP) is 1.66. The Kier molecular flexibility index (Phi) is 2.94. The summed E-state index contributed by atoms with van der Waals surface area (Å²) in [5.74, 6) is -0.0725. The summed E-state index contributed by atoms with van der Waals surface area (Å²) in [5, 5.41) is 10.8. The van der Waals surface area contributed by atoms with E-state index in [2.05, 4.69) is 0 Å². The molecule has 1 saturated heterocycles. The highest BCUT2D eigenvalue weighted by Gasteiger charge is 2.33. The van der Waals surface area contributed by atoms with Crippen LogP contribution in [0.2, 0.25) is 0 Å². The van der Waals surface area contributed by atoms with Crippen molar-refractivity contribution in [3.05, 3.63) is 33.9 Å². The fourth-order valence-corrected chi connectivity index (χ4v) is 2.66. The molecular formula is C13H14N2O4. The average Bonchev–Trinajstić information content (AvgIpc) is 3.06. The minimum atomic E-state index is -0.437. The van der Waals surface area contributed by atoms with Crippen LogP contribution in [0.3, 0.4) is 0 Å². The van der Waals surface area contributed by atoms with Crippen LogP contribution in [0.25, 0.3) is 0 Å². The molecule has 0 aromatic heterocycles. The molecule has 0 bridgehead atoms. The Labute approximate surface area is 110 Å². The monoisotopic (exact) mass is 262 g/mol. The van der Waals surface area contributed by atoms with Crippen LogP contribution in [0.1, 0.15) is 18.4 Å². The fraction of sp³-hybridized carbons (Fsp3) is 0.462. The van der Waals surface area contributed by atoms with Gasteiger partial charge in [0.05, 0.1) is 10.6 Å². The van der Waals surface area contributed by atoms with Crippen LogP contribution in [-0.4, -0.2) is 30.1 Å². The van der Waals surface area contributed by atoms with Gasteiger partial charge in [0.15, 0.2) is 0 Å². The number of nitrogens with zero attached hydrogens (tertiary/aromatic N) is 2. The first-order chi connectivity index (χ1) is 9.16. The lowest BCUT2D eigenvalue weighted by molar-refractivity contribution is -0.384. The summed E-state index contributed by atoms with van der Waals surface area (Å²) in [6.07, 6.45) is 1.99. The van der Waals surface area contributed by atoms with Gasteiger partial charge in [-0.1, -0.05) is 6.07 Å². The molecule has 2 heterocycles. The molecule has 1 aromatic carbocycles. The van der Waals surface area contributed by atoms with E-state index in [1.807, 2.05) is 0 Å². The molecule has 1 atom stereocenters. The Hall–Kier alpha value is -1.95. The van der Waals surface area contributed by atoms with E-state index in [4.69, 9.17) is 4.74 Å². The number of amides is 1. The van der Waals surface area contributed by atoms with Crippen molar-refractivity contribution in [2.75, 3.05) is 18.1 Å². The minimum absolute atomic E-state index is 0.0193. The fourth-order valence-electron chi connectivity index (χ4n) is 2.66. The van der Waals surface area contributed by atoms with Crippen molar-refractivity contribution in [3.63, 3.8) is 0 Å². The highest BCUT2D eigenvalue weighted by molar-refractivity contribution is 5.98. The number of nitro benzene ring substituents is 1. The van der Waals surface area contributed by atoms with E-state index in [1.54, 1.807) is 11.0 Å². The number of rotatable bonds is 2. The molecule has 1 fully saturated rings. The molecule has 1 aromatic rings. The van der Waals surface area contributed by atoms with E-state index in [1.165, 1.54) is 12.1 Å². The SMILES string of the molecule is O=C(C1CCCO1)N1CCc2ccc([N+](=O)[O-])cc21. The number of ether oxygens (including phenoxy) is 1. The predicted molar refractivity (Wildman–Crippen MR) is 68.1 cm³/mol. The molecule has 19 heavy (non-hydrogen) atoms. The highest BCUT2D eigenvalue weighted by Crippen LogP contribution is 2.33.